The predicted molar refractivity (Wildman–Crippen MR) is 120 cm³/mol. The lowest BCUT2D eigenvalue weighted by molar-refractivity contribution is 0.357. The van der Waals surface area contributed by atoms with E-state index in [0.717, 1.165) is 35.2 Å². The van der Waals surface area contributed by atoms with Crippen molar-refractivity contribution < 1.29 is 10.2 Å². The summed E-state index contributed by atoms with van der Waals surface area (Å²) in [5.41, 5.74) is 9.49. The minimum atomic E-state index is 0.0728. The smallest absolute Gasteiger partial charge is 0.198 e. The molecule has 4 aliphatic carbocycles. The second kappa shape index (κ2) is 6.86. The van der Waals surface area contributed by atoms with Crippen LogP contribution in [0, 0.1) is 11.8 Å². The van der Waals surface area contributed by atoms with Crippen molar-refractivity contribution in [3.05, 3.63) is 53.7 Å². The molecule has 2 bridgehead atoms. The van der Waals surface area contributed by atoms with Crippen molar-refractivity contribution in [1.82, 2.24) is 9.55 Å². The molecule has 5 nitrogen and oxygen atoms in total. The largest absolute Gasteiger partial charge is 0.494 e. The normalized spacial score (nSPS) is 26.7. The van der Waals surface area contributed by atoms with Crippen LogP contribution >= 0.6 is 11.8 Å². The third-order valence-corrected chi connectivity index (χ3v) is 8.49. The molecule has 2 heterocycles. The number of aromatic hydroxyl groups is 2. The average Bonchev–Trinajstić information content (AvgIpc) is 3.44. The van der Waals surface area contributed by atoms with Gasteiger partial charge in [0.2, 0.25) is 0 Å². The molecule has 7 rings (SSSR count). The summed E-state index contributed by atoms with van der Waals surface area (Å²) in [5.74, 6) is 3.31. The van der Waals surface area contributed by atoms with E-state index in [1.807, 2.05) is 6.07 Å². The van der Waals surface area contributed by atoms with Gasteiger partial charge in [-0.15, -0.1) is 11.8 Å². The summed E-state index contributed by atoms with van der Waals surface area (Å²) in [6.45, 7) is 0.602. The van der Waals surface area contributed by atoms with Gasteiger partial charge in [0, 0.05) is 63.3 Å². The molecule has 5 unspecified atom stereocenters. The number of H-pyrrole nitrogens is 1. The summed E-state index contributed by atoms with van der Waals surface area (Å²) in [4.78, 5) is 4.54. The molecule has 6 heteroatoms. The van der Waals surface area contributed by atoms with E-state index in [4.69, 9.17) is 5.73 Å². The van der Waals surface area contributed by atoms with Crippen molar-refractivity contribution >= 4 is 22.7 Å². The van der Waals surface area contributed by atoms with Crippen molar-refractivity contribution in [2.75, 3.05) is 5.75 Å². The number of fused-ring (bicyclic) bond motifs is 1. The molecule has 5 atom stereocenters. The van der Waals surface area contributed by atoms with E-state index < -0.39 is 0 Å². The number of rotatable bonds is 7. The highest BCUT2D eigenvalue weighted by molar-refractivity contribution is 7.99. The Hall–Kier alpha value is -2.31. The predicted octanol–water partition coefficient (Wildman–Crippen LogP) is 4.67. The summed E-state index contributed by atoms with van der Waals surface area (Å²) < 4.78 is 1.71. The number of nitrogens with one attached hydrogen (secondary N) is 1. The summed E-state index contributed by atoms with van der Waals surface area (Å²) >= 11 is 1.78. The van der Waals surface area contributed by atoms with Gasteiger partial charge in [-0.2, -0.15) is 0 Å². The van der Waals surface area contributed by atoms with Crippen LogP contribution in [-0.4, -0.2) is 31.6 Å². The maximum Gasteiger partial charge on any atom is 0.198 e. The zero-order valence-electron chi connectivity index (χ0n) is 16.8. The molecule has 3 aromatic rings. The van der Waals surface area contributed by atoms with Gasteiger partial charge in [0.05, 0.1) is 0 Å². The van der Waals surface area contributed by atoms with Gasteiger partial charge in [0.25, 0.3) is 0 Å². The summed E-state index contributed by atoms with van der Waals surface area (Å²) in [5, 5.41) is 22.9. The molecule has 1 saturated carbocycles. The summed E-state index contributed by atoms with van der Waals surface area (Å²) in [6, 6.07) is 8.38. The number of aromatic amines is 1. The standard InChI is InChI=1S/C24H27N3O2S/c25-13(12-30-20-11-26-19-6-2-1-5-16(19)20)4-3-9-27-23(28)21-14-7-8-15(18-10-17(14)18)22(21)24(27)29/h1-2,5-8,11,13-15,17-18,26,28-29H,3-4,9-10,12,25H2. The molecule has 5 N–H and O–H groups in total. The fraction of sp³-hybridized carbons (Fsp3) is 0.417. The van der Waals surface area contributed by atoms with E-state index in [1.165, 1.54) is 16.7 Å². The van der Waals surface area contributed by atoms with Gasteiger partial charge < -0.3 is 20.9 Å². The third-order valence-electron chi connectivity index (χ3n) is 7.25. The quantitative estimate of drug-likeness (QED) is 0.330. The first-order chi connectivity index (χ1) is 14.6. The van der Waals surface area contributed by atoms with Crippen LogP contribution in [0.2, 0.25) is 0 Å². The van der Waals surface area contributed by atoms with Gasteiger partial charge in [-0.1, -0.05) is 30.4 Å². The highest BCUT2D eigenvalue weighted by Crippen LogP contribution is 2.67. The van der Waals surface area contributed by atoms with Crippen molar-refractivity contribution in [2.24, 2.45) is 17.6 Å². The van der Waals surface area contributed by atoms with E-state index in [2.05, 4.69) is 41.5 Å². The van der Waals surface area contributed by atoms with Crippen molar-refractivity contribution in [2.45, 2.75) is 48.6 Å². The van der Waals surface area contributed by atoms with Gasteiger partial charge in [-0.3, -0.25) is 4.57 Å². The minimum Gasteiger partial charge on any atom is -0.494 e. The number of aromatic nitrogens is 2. The van der Waals surface area contributed by atoms with E-state index >= 15 is 0 Å². The van der Waals surface area contributed by atoms with Gasteiger partial charge in [0.15, 0.2) is 11.8 Å². The van der Waals surface area contributed by atoms with E-state index in [1.54, 1.807) is 16.3 Å². The first kappa shape index (κ1) is 18.5. The van der Waals surface area contributed by atoms with Crippen LogP contribution in [-0.2, 0) is 6.54 Å². The maximum absolute atomic E-state index is 10.8. The fourth-order valence-electron chi connectivity index (χ4n) is 5.66. The number of para-hydroxylation sites is 1. The topological polar surface area (TPSA) is 87.2 Å². The van der Waals surface area contributed by atoms with Crippen LogP contribution in [0.4, 0.5) is 0 Å². The third kappa shape index (κ3) is 2.73. The van der Waals surface area contributed by atoms with Gasteiger partial charge in [-0.05, 0) is 37.2 Å². The molecule has 1 fully saturated rings. The van der Waals surface area contributed by atoms with E-state index in [0.29, 0.717) is 18.4 Å². The molecule has 0 amide bonds. The Bertz CT molecular complexity index is 1110. The number of hydrogen-bond donors (Lipinski definition) is 4. The van der Waals surface area contributed by atoms with Crippen LogP contribution in [0.3, 0.4) is 0 Å². The number of nitrogens with two attached hydrogens (primary N) is 1. The number of hydrogen-bond acceptors (Lipinski definition) is 4. The second-order valence-corrected chi connectivity index (χ2v) is 10.1. The summed E-state index contributed by atoms with van der Waals surface area (Å²) in [6.07, 6.45) is 9.44. The van der Waals surface area contributed by atoms with Crippen LogP contribution in [0.5, 0.6) is 11.8 Å². The SMILES string of the molecule is NC(CCCn1c(O)c2c(c1O)C1C=CC2C2CC12)CSc1c[nH]c2ccccc12. The van der Waals surface area contributed by atoms with E-state index in [-0.39, 0.29) is 29.6 Å². The zero-order chi connectivity index (χ0) is 20.4. The first-order valence-corrected chi connectivity index (χ1v) is 11.9. The molecule has 2 aromatic heterocycles. The molecular formula is C24H27N3O2S. The fourth-order valence-corrected chi connectivity index (χ4v) is 6.70. The number of nitrogens with zero attached hydrogens (tertiary/aromatic N) is 1. The Kier molecular flexibility index (Phi) is 4.22. The maximum atomic E-state index is 10.8. The number of allylic oxidation sites excluding steroid dienone is 2. The van der Waals surface area contributed by atoms with Crippen molar-refractivity contribution in [3.8, 4) is 11.8 Å². The lowest BCUT2D eigenvalue weighted by Gasteiger charge is -2.30. The lowest BCUT2D eigenvalue weighted by Crippen LogP contribution is -2.23. The Morgan fingerprint density at radius 3 is 2.53 bits per heavy atom. The Morgan fingerprint density at radius 2 is 1.80 bits per heavy atom. The monoisotopic (exact) mass is 421 g/mol. The molecule has 0 spiro atoms. The Morgan fingerprint density at radius 1 is 1.10 bits per heavy atom. The highest BCUT2D eigenvalue weighted by Gasteiger charge is 2.56. The van der Waals surface area contributed by atoms with Gasteiger partial charge in [-0.25, -0.2) is 0 Å². The van der Waals surface area contributed by atoms with Crippen LogP contribution in [0.1, 0.15) is 42.2 Å². The number of thioether (sulfide) groups is 1. The minimum absolute atomic E-state index is 0.0728. The molecular weight excluding hydrogens is 394 g/mol. The van der Waals surface area contributed by atoms with E-state index in [9.17, 15) is 10.2 Å². The molecule has 156 valence electrons. The Labute approximate surface area is 180 Å². The van der Waals surface area contributed by atoms with Crippen LogP contribution in [0.15, 0.2) is 47.5 Å². The lowest BCUT2D eigenvalue weighted by atomic mass is 9.73. The molecule has 4 aliphatic rings. The molecule has 0 aliphatic heterocycles. The van der Waals surface area contributed by atoms with Gasteiger partial charge in [0.1, 0.15) is 0 Å². The highest BCUT2D eigenvalue weighted by atomic mass is 32.2. The van der Waals surface area contributed by atoms with Gasteiger partial charge >= 0.3 is 0 Å². The zero-order valence-corrected chi connectivity index (χ0v) is 17.6. The van der Waals surface area contributed by atoms with Crippen LogP contribution in [0.25, 0.3) is 10.9 Å². The van der Waals surface area contributed by atoms with Crippen LogP contribution < -0.4 is 5.73 Å². The molecule has 0 radical (unpaired) electrons. The number of benzene rings is 1. The molecule has 0 saturated heterocycles. The first-order valence-electron chi connectivity index (χ1n) is 10.9. The van der Waals surface area contributed by atoms with Crippen molar-refractivity contribution in [3.63, 3.8) is 0 Å². The Balaban J connectivity index is 1.08. The second-order valence-electron chi connectivity index (χ2n) is 9.04. The molecule has 1 aromatic carbocycles. The summed E-state index contributed by atoms with van der Waals surface area (Å²) in [7, 11) is 0. The average molecular weight is 422 g/mol. The van der Waals surface area contributed by atoms with Crippen molar-refractivity contribution in [1.29, 1.82) is 0 Å². The molecule has 30 heavy (non-hydrogen) atoms.